The number of hydrogen-bond acceptors (Lipinski definition) is 8. The highest BCUT2D eigenvalue weighted by Crippen LogP contribution is 2.19. The smallest absolute Gasteiger partial charge is 0.255 e. The Labute approximate surface area is 294 Å². The van der Waals surface area contributed by atoms with Crippen LogP contribution in [0, 0.1) is 5.92 Å². The molecule has 0 aliphatic carbocycles. The predicted molar refractivity (Wildman–Crippen MR) is 188 cm³/mol. The highest BCUT2D eigenvalue weighted by molar-refractivity contribution is 5.99. The first-order chi connectivity index (χ1) is 24.1. The normalized spacial score (nSPS) is 22.4. The molecule has 2 aromatic rings. The van der Waals surface area contributed by atoms with E-state index in [1.54, 1.807) is 24.3 Å². The highest BCUT2D eigenvalue weighted by Gasteiger charge is 2.27. The van der Waals surface area contributed by atoms with E-state index < -0.39 is 29.8 Å². The fourth-order valence-corrected chi connectivity index (χ4v) is 5.84. The van der Waals surface area contributed by atoms with Crippen LogP contribution in [0.2, 0.25) is 0 Å². The zero-order valence-corrected chi connectivity index (χ0v) is 29.4. The lowest BCUT2D eigenvalue weighted by Crippen LogP contribution is -2.51. The maximum absolute atomic E-state index is 13.6. The number of amides is 5. The van der Waals surface area contributed by atoms with E-state index in [9.17, 15) is 24.0 Å². The molecule has 1 fully saturated rings. The van der Waals surface area contributed by atoms with E-state index >= 15 is 0 Å². The van der Waals surface area contributed by atoms with Crippen LogP contribution in [0.25, 0.3) is 0 Å². The van der Waals surface area contributed by atoms with Crippen LogP contribution in [0.1, 0.15) is 74.4 Å². The second-order valence-electron chi connectivity index (χ2n) is 13.3. The molecule has 0 unspecified atom stereocenters. The van der Waals surface area contributed by atoms with Gasteiger partial charge in [0.15, 0.2) is 0 Å². The van der Waals surface area contributed by atoms with E-state index in [1.165, 1.54) is 0 Å². The summed E-state index contributed by atoms with van der Waals surface area (Å²) in [7, 11) is 0. The Balaban J connectivity index is 1.50. The number of ether oxygens (including phenoxy) is 2. The number of hydrogen-bond donors (Lipinski definition) is 5. The van der Waals surface area contributed by atoms with Crippen LogP contribution in [-0.4, -0.2) is 92.0 Å². The van der Waals surface area contributed by atoms with Crippen molar-refractivity contribution >= 4 is 29.5 Å². The summed E-state index contributed by atoms with van der Waals surface area (Å²) in [6.07, 6.45) is 1.35. The molecule has 5 amide bonds. The van der Waals surface area contributed by atoms with Crippen LogP contribution in [0.4, 0.5) is 0 Å². The second-order valence-corrected chi connectivity index (χ2v) is 13.3. The summed E-state index contributed by atoms with van der Waals surface area (Å²) in [5.74, 6) is -1.76. The Morgan fingerprint density at radius 2 is 1.66 bits per heavy atom. The molecular formula is C37H52N6O7. The van der Waals surface area contributed by atoms with Gasteiger partial charge >= 0.3 is 0 Å². The Morgan fingerprint density at radius 3 is 2.44 bits per heavy atom. The van der Waals surface area contributed by atoms with Crippen molar-refractivity contribution in [2.24, 2.45) is 5.92 Å². The van der Waals surface area contributed by atoms with Gasteiger partial charge in [0.1, 0.15) is 24.4 Å². The summed E-state index contributed by atoms with van der Waals surface area (Å²) < 4.78 is 11.4. The van der Waals surface area contributed by atoms with Crippen molar-refractivity contribution in [3.63, 3.8) is 0 Å². The molecule has 50 heavy (non-hydrogen) atoms. The average molecular weight is 693 g/mol. The lowest BCUT2D eigenvalue weighted by molar-refractivity contribution is -0.130. The molecule has 0 bridgehead atoms. The number of carbonyl (C=O) groups is 5. The summed E-state index contributed by atoms with van der Waals surface area (Å²) >= 11 is 0. The van der Waals surface area contributed by atoms with E-state index in [0.717, 1.165) is 30.8 Å². The van der Waals surface area contributed by atoms with Gasteiger partial charge in [0, 0.05) is 45.6 Å². The highest BCUT2D eigenvalue weighted by atomic mass is 16.5. The standard InChI is InChI=1S/C37H52N6O7/c1-25(2)34-37(48)38-16-7-6-13-32(44)40-26(3)24-50-31-12-5-4-11-29(31)35(46)41-30(14-15-33(45)42-34)36(47)39-22-27-9-8-10-28(21-27)23-43-17-19-49-20-18-43/h4-5,8-12,21,25-26,30,34H,6-7,13-20,22-24H2,1-3H3,(H,38,48)(H,39,47)(H,40,44)(H,41,46)(H,42,45)/t26-,30-,34+/m0/s1. The molecule has 4 rings (SSSR count). The van der Waals surface area contributed by atoms with Crippen molar-refractivity contribution in [1.82, 2.24) is 31.5 Å². The molecule has 1 saturated heterocycles. The number of para-hydroxylation sites is 1. The summed E-state index contributed by atoms with van der Waals surface area (Å²) in [6.45, 7) is 10.1. The van der Waals surface area contributed by atoms with Gasteiger partial charge in [0.05, 0.1) is 24.8 Å². The first kappa shape index (κ1) is 38.3. The van der Waals surface area contributed by atoms with Crippen molar-refractivity contribution in [2.45, 2.75) is 84.1 Å². The van der Waals surface area contributed by atoms with E-state index in [1.807, 2.05) is 39.0 Å². The first-order valence-corrected chi connectivity index (χ1v) is 17.6. The molecule has 2 heterocycles. The molecule has 2 aliphatic rings. The van der Waals surface area contributed by atoms with Gasteiger partial charge < -0.3 is 36.1 Å². The zero-order chi connectivity index (χ0) is 35.9. The van der Waals surface area contributed by atoms with Crippen molar-refractivity contribution in [1.29, 1.82) is 0 Å². The Kier molecular flexibility index (Phi) is 15.0. The van der Waals surface area contributed by atoms with Crippen LogP contribution < -0.4 is 31.3 Å². The molecule has 5 N–H and O–H groups in total. The van der Waals surface area contributed by atoms with Crippen LogP contribution in [0.15, 0.2) is 48.5 Å². The Bertz CT molecular complexity index is 1460. The van der Waals surface area contributed by atoms with Crippen LogP contribution >= 0.6 is 0 Å². The number of rotatable bonds is 6. The number of nitrogens with one attached hydrogen (secondary N) is 5. The molecule has 0 spiro atoms. The third-order valence-corrected chi connectivity index (χ3v) is 8.67. The third kappa shape index (κ3) is 12.4. The van der Waals surface area contributed by atoms with E-state index in [0.29, 0.717) is 38.3 Å². The average Bonchev–Trinajstić information content (AvgIpc) is 3.10. The summed E-state index contributed by atoms with van der Waals surface area (Å²) in [5.41, 5.74) is 2.24. The van der Waals surface area contributed by atoms with Gasteiger partial charge in [0.25, 0.3) is 5.91 Å². The van der Waals surface area contributed by atoms with Crippen molar-refractivity contribution in [2.75, 3.05) is 39.5 Å². The van der Waals surface area contributed by atoms with Gasteiger partial charge in [-0.1, -0.05) is 50.2 Å². The third-order valence-electron chi connectivity index (χ3n) is 8.67. The van der Waals surface area contributed by atoms with E-state index in [2.05, 4.69) is 37.6 Å². The molecule has 272 valence electrons. The number of nitrogens with zero attached hydrogens (tertiary/aromatic N) is 1. The maximum atomic E-state index is 13.6. The number of benzene rings is 2. The lowest BCUT2D eigenvalue weighted by Gasteiger charge is -2.26. The van der Waals surface area contributed by atoms with Crippen molar-refractivity contribution in [3.8, 4) is 5.75 Å². The summed E-state index contributed by atoms with van der Waals surface area (Å²) in [5, 5.41) is 14.3. The minimum absolute atomic E-state index is 0.000991. The molecule has 13 heteroatoms. The zero-order valence-electron chi connectivity index (χ0n) is 29.4. The SMILES string of the molecule is CC(C)[C@H]1NC(=O)CC[C@@H](C(=O)NCc2cccc(CN3CCOCC3)c2)NC(=O)c2ccccc2OC[C@H](C)NC(=O)CCCCNC1=O. The van der Waals surface area contributed by atoms with Crippen LogP contribution in [0.5, 0.6) is 5.75 Å². The minimum atomic E-state index is -1.06. The fraction of sp³-hybridized carbons (Fsp3) is 0.541. The van der Waals surface area contributed by atoms with Gasteiger partial charge in [-0.05, 0) is 55.4 Å². The molecule has 0 saturated carbocycles. The van der Waals surface area contributed by atoms with Crippen LogP contribution in [0.3, 0.4) is 0 Å². The molecule has 0 radical (unpaired) electrons. The van der Waals surface area contributed by atoms with E-state index in [4.69, 9.17) is 9.47 Å². The minimum Gasteiger partial charge on any atom is -0.491 e. The van der Waals surface area contributed by atoms with Gasteiger partial charge in [-0.25, -0.2) is 0 Å². The monoisotopic (exact) mass is 692 g/mol. The number of fused-ring (bicyclic) bond motifs is 1. The van der Waals surface area contributed by atoms with Gasteiger partial charge in [-0.2, -0.15) is 0 Å². The summed E-state index contributed by atoms with van der Waals surface area (Å²) in [4.78, 5) is 68.2. The van der Waals surface area contributed by atoms with Crippen molar-refractivity contribution in [3.05, 3.63) is 65.2 Å². The molecule has 13 nitrogen and oxygen atoms in total. The maximum Gasteiger partial charge on any atom is 0.255 e. The molecule has 2 aromatic carbocycles. The molecule has 0 aromatic heterocycles. The first-order valence-electron chi connectivity index (χ1n) is 17.6. The predicted octanol–water partition coefficient (Wildman–Crippen LogP) is 2.04. The quantitative estimate of drug-likeness (QED) is 0.307. The van der Waals surface area contributed by atoms with Gasteiger partial charge in [0.2, 0.25) is 23.6 Å². The van der Waals surface area contributed by atoms with Gasteiger partial charge in [-0.15, -0.1) is 0 Å². The summed E-state index contributed by atoms with van der Waals surface area (Å²) in [6, 6.07) is 12.5. The largest absolute Gasteiger partial charge is 0.491 e. The number of carbonyl (C=O) groups excluding carboxylic acids is 5. The molecular weight excluding hydrogens is 640 g/mol. The fourth-order valence-electron chi connectivity index (χ4n) is 5.84. The topological polar surface area (TPSA) is 167 Å². The number of morpholine rings is 1. The van der Waals surface area contributed by atoms with Crippen molar-refractivity contribution < 1.29 is 33.4 Å². The Hall–Kier alpha value is -4.49. The Morgan fingerprint density at radius 1 is 0.920 bits per heavy atom. The molecule has 3 atom stereocenters. The van der Waals surface area contributed by atoms with Crippen LogP contribution in [-0.2, 0) is 37.0 Å². The second kappa shape index (κ2) is 19.6. The molecule has 2 aliphatic heterocycles. The lowest BCUT2D eigenvalue weighted by atomic mass is 10.0. The van der Waals surface area contributed by atoms with Gasteiger partial charge in [-0.3, -0.25) is 28.9 Å². The van der Waals surface area contributed by atoms with E-state index in [-0.39, 0.29) is 61.8 Å².